The summed E-state index contributed by atoms with van der Waals surface area (Å²) in [5.74, 6) is -0.279. The summed E-state index contributed by atoms with van der Waals surface area (Å²) in [6, 6.07) is 4.00. The Labute approximate surface area is 93.5 Å². The van der Waals surface area contributed by atoms with Gasteiger partial charge in [0.1, 0.15) is 5.82 Å². The van der Waals surface area contributed by atoms with Gasteiger partial charge in [0.2, 0.25) is 0 Å². The average molecular weight is 224 g/mol. The minimum absolute atomic E-state index is 0.279. The molecule has 0 aromatic heterocycles. The lowest BCUT2D eigenvalue weighted by molar-refractivity contribution is 0.604. The van der Waals surface area contributed by atoms with Gasteiger partial charge in [0.05, 0.1) is 11.5 Å². The first-order chi connectivity index (χ1) is 7.02. The Balaban J connectivity index is 2.65. The van der Waals surface area contributed by atoms with Crippen molar-refractivity contribution in [3.63, 3.8) is 0 Å². The molecule has 0 aliphatic heterocycles. The molecule has 2 rings (SSSR count). The average Bonchev–Trinajstić information content (AvgIpc) is 3.01. The highest BCUT2D eigenvalue weighted by Gasteiger charge is 2.46. The molecule has 3 heteroatoms. The Bertz CT molecular complexity index is 469. The third-order valence-corrected chi connectivity index (χ3v) is 3.56. The maximum atomic E-state index is 13.8. The van der Waals surface area contributed by atoms with Gasteiger partial charge in [0.25, 0.3) is 0 Å². The molecule has 0 radical (unpaired) electrons. The van der Waals surface area contributed by atoms with Gasteiger partial charge in [-0.15, -0.1) is 0 Å². The van der Waals surface area contributed by atoms with Crippen LogP contribution in [0.1, 0.15) is 29.5 Å². The van der Waals surface area contributed by atoms with Crippen molar-refractivity contribution in [1.82, 2.24) is 0 Å². The van der Waals surface area contributed by atoms with Crippen LogP contribution < -0.4 is 0 Å². The predicted molar refractivity (Wildman–Crippen MR) is 57.4 cm³/mol. The molecule has 1 saturated carbocycles. The van der Waals surface area contributed by atoms with Gasteiger partial charge in [-0.25, -0.2) is 4.39 Å². The molecule has 0 saturated heterocycles. The zero-order valence-electron chi connectivity index (χ0n) is 8.69. The molecule has 0 unspecified atom stereocenters. The largest absolute Gasteiger partial charge is 0.206 e. The van der Waals surface area contributed by atoms with Gasteiger partial charge in [0, 0.05) is 10.6 Å². The van der Waals surface area contributed by atoms with Crippen LogP contribution in [0.3, 0.4) is 0 Å². The normalized spacial score (nSPS) is 17.3. The van der Waals surface area contributed by atoms with Crippen LogP contribution in [0.5, 0.6) is 0 Å². The molecule has 0 heterocycles. The first-order valence-corrected chi connectivity index (χ1v) is 5.26. The van der Waals surface area contributed by atoms with E-state index < -0.39 is 5.41 Å². The van der Waals surface area contributed by atoms with Crippen molar-refractivity contribution in [2.24, 2.45) is 0 Å². The van der Waals surface area contributed by atoms with Crippen molar-refractivity contribution in [2.45, 2.75) is 32.1 Å². The second kappa shape index (κ2) is 3.21. The maximum Gasteiger partial charge on any atom is 0.130 e. The van der Waals surface area contributed by atoms with Crippen LogP contribution in [-0.2, 0) is 5.41 Å². The van der Waals surface area contributed by atoms with Gasteiger partial charge < -0.3 is 0 Å². The monoisotopic (exact) mass is 223 g/mol. The molecule has 0 atom stereocenters. The number of halogens is 2. The lowest BCUT2D eigenvalue weighted by Crippen LogP contribution is -2.08. The fraction of sp³-hybridized carbons (Fsp3) is 0.417. The lowest BCUT2D eigenvalue weighted by Gasteiger charge is -2.13. The van der Waals surface area contributed by atoms with Crippen molar-refractivity contribution < 1.29 is 4.39 Å². The van der Waals surface area contributed by atoms with Crippen molar-refractivity contribution in [1.29, 1.82) is 5.26 Å². The topological polar surface area (TPSA) is 23.8 Å². The van der Waals surface area contributed by atoms with Crippen LogP contribution in [0.4, 0.5) is 4.39 Å². The predicted octanol–water partition coefficient (Wildman–Crippen LogP) is 3.65. The minimum Gasteiger partial charge on any atom is -0.206 e. The summed E-state index contributed by atoms with van der Waals surface area (Å²) < 4.78 is 13.8. The molecule has 15 heavy (non-hydrogen) atoms. The number of nitriles is 1. The molecular weight excluding hydrogens is 213 g/mol. The summed E-state index contributed by atoms with van der Waals surface area (Å²) in [7, 11) is 0. The standard InChI is InChI=1S/C12H11ClFN/c1-7-9(12(6-15)3-4-12)5-10(13)8(2)11(7)14/h5H,3-4H2,1-2H3. The zero-order chi connectivity index (χ0) is 11.2. The molecule has 1 aliphatic rings. The zero-order valence-corrected chi connectivity index (χ0v) is 9.45. The number of rotatable bonds is 1. The molecule has 1 aromatic rings. The number of hydrogen-bond acceptors (Lipinski definition) is 1. The van der Waals surface area contributed by atoms with Crippen LogP contribution in [0, 0.1) is 31.0 Å². The van der Waals surface area contributed by atoms with E-state index in [2.05, 4.69) is 6.07 Å². The van der Waals surface area contributed by atoms with Gasteiger partial charge in [-0.1, -0.05) is 11.6 Å². The van der Waals surface area contributed by atoms with Gasteiger partial charge in [-0.2, -0.15) is 5.26 Å². The highest BCUT2D eigenvalue weighted by atomic mass is 35.5. The fourth-order valence-corrected chi connectivity index (χ4v) is 2.10. The van der Waals surface area contributed by atoms with E-state index in [0.717, 1.165) is 18.4 Å². The molecule has 1 aromatic carbocycles. The van der Waals surface area contributed by atoms with E-state index in [1.54, 1.807) is 19.9 Å². The Morgan fingerprint density at radius 2 is 2.00 bits per heavy atom. The summed E-state index contributed by atoms with van der Waals surface area (Å²) in [5, 5.41) is 9.48. The van der Waals surface area contributed by atoms with Crippen LogP contribution >= 0.6 is 11.6 Å². The number of benzene rings is 1. The Morgan fingerprint density at radius 3 is 2.47 bits per heavy atom. The van der Waals surface area contributed by atoms with E-state index in [1.165, 1.54) is 0 Å². The number of hydrogen-bond donors (Lipinski definition) is 0. The highest BCUT2D eigenvalue weighted by molar-refractivity contribution is 6.31. The Kier molecular flexibility index (Phi) is 2.24. The summed E-state index contributed by atoms with van der Waals surface area (Å²) in [5.41, 5.74) is 1.32. The third-order valence-electron chi connectivity index (χ3n) is 3.17. The van der Waals surface area contributed by atoms with E-state index in [1.807, 2.05) is 0 Å². The maximum absolute atomic E-state index is 13.8. The molecule has 0 bridgehead atoms. The second-order valence-corrected chi connectivity index (χ2v) is 4.57. The van der Waals surface area contributed by atoms with E-state index in [-0.39, 0.29) is 5.82 Å². The third kappa shape index (κ3) is 1.42. The summed E-state index contributed by atoms with van der Waals surface area (Å²) >= 11 is 5.93. The first-order valence-electron chi connectivity index (χ1n) is 4.89. The van der Waals surface area contributed by atoms with Gasteiger partial charge in [-0.05, 0) is 43.9 Å². The molecule has 0 amide bonds. The fourth-order valence-electron chi connectivity index (χ4n) is 1.91. The van der Waals surface area contributed by atoms with Crippen LogP contribution in [0.15, 0.2) is 6.07 Å². The Hall–Kier alpha value is -1.07. The van der Waals surface area contributed by atoms with Gasteiger partial charge in [-0.3, -0.25) is 0 Å². The van der Waals surface area contributed by atoms with E-state index in [9.17, 15) is 4.39 Å². The molecule has 1 nitrogen and oxygen atoms in total. The van der Waals surface area contributed by atoms with E-state index in [4.69, 9.17) is 16.9 Å². The summed E-state index contributed by atoms with van der Waals surface area (Å²) in [4.78, 5) is 0. The SMILES string of the molecule is Cc1c(Cl)cc(C2(C#N)CC2)c(C)c1F. The molecule has 1 aliphatic carbocycles. The van der Waals surface area contributed by atoms with Crippen molar-refractivity contribution in [3.8, 4) is 6.07 Å². The lowest BCUT2D eigenvalue weighted by atomic mass is 9.91. The molecular formula is C12H11ClFN. The smallest absolute Gasteiger partial charge is 0.130 e. The van der Waals surface area contributed by atoms with Crippen molar-refractivity contribution in [2.75, 3.05) is 0 Å². The van der Waals surface area contributed by atoms with Gasteiger partial charge >= 0.3 is 0 Å². The minimum atomic E-state index is -0.470. The molecule has 78 valence electrons. The van der Waals surface area contributed by atoms with E-state index >= 15 is 0 Å². The first kappa shape index (κ1) is 10.4. The van der Waals surface area contributed by atoms with Gasteiger partial charge in [0.15, 0.2) is 0 Å². The highest BCUT2D eigenvalue weighted by Crippen LogP contribution is 2.50. The van der Waals surface area contributed by atoms with Crippen molar-refractivity contribution >= 4 is 11.6 Å². The van der Waals surface area contributed by atoms with Crippen LogP contribution in [-0.4, -0.2) is 0 Å². The molecule has 0 spiro atoms. The number of nitrogens with zero attached hydrogens (tertiary/aromatic N) is 1. The molecule has 1 fully saturated rings. The molecule has 0 N–H and O–H groups in total. The second-order valence-electron chi connectivity index (χ2n) is 4.16. The van der Waals surface area contributed by atoms with Crippen LogP contribution in [0.2, 0.25) is 5.02 Å². The van der Waals surface area contributed by atoms with Crippen LogP contribution in [0.25, 0.3) is 0 Å². The quantitative estimate of drug-likeness (QED) is 0.713. The summed E-state index contributed by atoms with van der Waals surface area (Å²) in [6.07, 6.45) is 1.62. The summed E-state index contributed by atoms with van der Waals surface area (Å²) in [6.45, 7) is 3.37. The Morgan fingerprint density at radius 1 is 1.40 bits per heavy atom. The van der Waals surface area contributed by atoms with Crippen molar-refractivity contribution in [3.05, 3.63) is 33.6 Å². The van der Waals surface area contributed by atoms with E-state index in [0.29, 0.717) is 16.1 Å².